The van der Waals surface area contributed by atoms with Gasteiger partial charge < -0.3 is 14.2 Å². The zero-order chi connectivity index (χ0) is 26.1. The fourth-order valence-corrected chi connectivity index (χ4v) is 3.54. The molecule has 0 bridgehead atoms. The second kappa shape index (κ2) is 13.0. The van der Waals surface area contributed by atoms with Crippen molar-refractivity contribution >= 4 is 5.97 Å². The highest BCUT2D eigenvalue weighted by Crippen LogP contribution is 2.31. The summed E-state index contributed by atoms with van der Waals surface area (Å²) in [6.07, 6.45) is 1.96. The number of hydrogen-bond acceptors (Lipinski definition) is 4. The first-order valence-corrected chi connectivity index (χ1v) is 11.9. The van der Waals surface area contributed by atoms with Gasteiger partial charge in [-0.25, -0.2) is 13.6 Å². The van der Waals surface area contributed by atoms with Crippen LogP contribution in [0, 0.1) is 23.3 Å². The third kappa shape index (κ3) is 6.77. The molecule has 3 aromatic carbocycles. The molecule has 0 aliphatic heterocycles. The van der Waals surface area contributed by atoms with E-state index in [1.54, 1.807) is 36.4 Å². The highest BCUT2D eigenvalue weighted by molar-refractivity contribution is 5.91. The standard InChI is InChI=1S/C28H28F4O4/c1-3-5-6-17-35-27-25(31)23(29)22(24(30)26(27)32)16-9-18-7-10-19(11-8-18)28(33)36-21-14-12-20(13-15-21)34-4-2/h7-8,10-15H,3-6,9,16-17H2,1-2H3. The molecule has 36 heavy (non-hydrogen) atoms. The van der Waals surface area contributed by atoms with Crippen molar-refractivity contribution in [3.05, 3.63) is 88.5 Å². The van der Waals surface area contributed by atoms with Crippen molar-refractivity contribution < 1.29 is 36.6 Å². The van der Waals surface area contributed by atoms with Gasteiger partial charge in [0.1, 0.15) is 11.5 Å². The van der Waals surface area contributed by atoms with Gasteiger partial charge in [0.05, 0.1) is 18.8 Å². The van der Waals surface area contributed by atoms with E-state index in [0.717, 1.165) is 12.8 Å². The predicted molar refractivity (Wildman–Crippen MR) is 128 cm³/mol. The molecule has 0 amide bonds. The minimum Gasteiger partial charge on any atom is -0.494 e. The number of carbonyl (C=O) groups excluding carboxylic acids is 1. The lowest BCUT2D eigenvalue weighted by Crippen LogP contribution is -2.10. The van der Waals surface area contributed by atoms with Crippen molar-refractivity contribution in [1.82, 2.24) is 0 Å². The lowest BCUT2D eigenvalue weighted by atomic mass is 10.0. The van der Waals surface area contributed by atoms with Crippen molar-refractivity contribution in [3.8, 4) is 17.2 Å². The molecule has 0 atom stereocenters. The third-order valence-corrected chi connectivity index (χ3v) is 5.51. The van der Waals surface area contributed by atoms with E-state index >= 15 is 0 Å². The molecule has 4 nitrogen and oxygen atoms in total. The van der Waals surface area contributed by atoms with Crippen LogP contribution in [0.5, 0.6) is 17.2 Å². The van der Waals surface area contributed by atoms with Gasteiger partial charge in [-0.05, 0) is 68.1 Å². The number of halogens is 4. The summed E-state index contributed by atoms with van der Waals surface area (Å²) in [5, 5.41) is 0. The summed E-state index contributed by atoms with van der Waals surface area (Å²) in [5.74, 6) is -6.60. The van der Waals surface area contributed by atoms with Gasteiger partial charge in [-0.3, -0.25) is 0 Å². The van der Waals surface area contributed by atoms with E-state index in [1.807, 2.05) is 13.8 Å². The minimum absolute atomic E-state index is 0.0345. The zero-order valence-corrected chi connectivity index (χ0v) is 20.2. The smallest absolute Gasteiger partial charge is 0.343 e. The average molecular weight is 505 g/mol. The molecule has 0 unspecified atom stereocenters. The Morgan fingerprint density at radius 3 is 1.92 bits per heavy atom. The highest BCUT2D eigenvalue weighted by Gasteiger charge is 2.26. The van der Waals surface area contributed by atoms with Gasteiger partial charge in [0, 0.05) is 5.56 Å². The molecule has 0 saturated heterocycles. The van der Waals surface area contributed by atoms with Crippen LogP contribution in [0.2, 0.25) is 0 Å². The second-order valence-electron chi connectivity index (χ2n) is 8.11. The van der Waals surface area contributed by atoms with Crippen molar-refractivity contribution in [2.45, 2.75) is 46.0 Å². The lowest BCUT2D eigenvalue weighted by molar-refractivity contribution is 0.0734. The first-order valence-electron chi connectivity index (χ1n) is 11.9. The number of esters is 1. The molecule has 192 valence electrons. The number of rotatable bonds is 12. The first kappa shape index (κ1) is 27.0. The van der Waals surface area contributed by atoms with E-state index < -0.39 is 40.6 Å². The van der Waals surface area contributed by atoms with Gasteiger partial charge in [0.25, 0.3) is 0 Å². The largest absolute Gasteiger partial charge is 0.494 e. The summed E-state index contributed by atoms with van der Waals surface area (Å²) >= 11 is 0. The summed E-state index contributed by atoms with van der Waals surface area (Å²) in [4.78, 5) is 12.4. The van der Waals surface area contributed by atoms with Crippen molar-refractivity contribution in [2.75, 3.05) is 13.2 Å². The Hall–Kier alpha value is -3.55. The van der Waals surface area contributed by atoms with Crippen LogP contribution in [0.3, 0.4) is 0 Å². The first-order chi connectivity index (χ1) is 17.3. The summed E-state index contributed by atoms with van der Waals surface area (Å²) in [6, 6.07) is 12.8. The van der Waals surface area contributed by atoms with Gasteiger partial charge in [-0.15, -0.1) is 0 Å². The molecular weight excluding hydrogens is 476 g/mol. The molecular formula is C28H28F4O4. The fraction of sp³-hybridized carbons (Fsp3) is 0.321. The third-order valence-electron chi connectivity index (χ3n) is 5.51. The number of benzene rings is 3. The Morgan fingerprint density at radius 1 is 0.722 bits per heavy atom. The second-order valence-corrected chi connectivity index (χ2v) is 8.11. The van der Waals surface area contributed by atoms with Gasteiger partial charge in [0.15, 0.2) is 17.4 Å². The Morgan fingerprint density at radius 2 is 1.33 bits per heavy atom. The Balaban J connectivity index is 1.63. The zero-order valence-electron chi connectivity index (χ0n) is 20.2. The molecule has 0 aliphatic carbocycles. The lowest BCUT2D eigenvalue weighted by Gasteiger charge is -2.13. The summed E-state index contributed by atoms with van der Waals surface area (Å²) in [7, 11) is 0. The number of hydrogen-bond donors (Lipinski definition) is 0. The summed E-state index contributed by atoms with van der Waals surface area (Å²) < 4.78 is 73.3. The van der Waals surface area contributed by atoms with Gasteiger partial charge in [-0.2, -0.15) is 8.78 Å². The summed E-state index contributed by atoms with van der Waals surface area (Å²) in [5.41, 5.74) is 0.198. The molecule has 3 rings (SSSR count). The van der Waals surface area contributed by atoms with Crippen molar-refractivity contribution in [2.24, 2.45) is 0 Å². The molecule has 0 aromatic heterocycles. The fourth-order valence-electron chi connectivity index (χ4n) is 3.54. The van der Waals surface area contributed by atoms with E-state index in [1.165, 1.54) is 12.1 Å². The van der Waals surface area contributed by atoms with Crippen LogP contribution in [0.4, 0.5) is 17.6 Å². The maximum absolute atomic E-state index is 14.5. The highest BCUT2D eigenvalue weighted by atomic mass is 19.2. The number of aryl methyl sites for hydroxylation is 1. The number of unbranched alkanes of at least 4 members (excludes halogenated alkanes) is 2. The SMILES string of the molecule is CCCCCOc1c(F)c(F)c(CCc2ccc(C(=O)Oc3ccc(OCC)cc3)cc2)c(F)c1F. The number of carbonyl (C=O) groups is 1. The molecule has 0 saturated carbocycles. The van der Waals surface area contributed by atoms with Crippen LogP contribution in [-0.2, 0) is 12.8 Å². The van der Waals surface area contributed by atoms with Gasteiger partial charge in [-0.1, -0.05) is 31.9 Å². The Labute approximate surface area is 207 Å². The van der Waals surface area contributed by atoms with E-state index in [4.69, 9.17) is 14.2 Å². The monoisotopic (exact) mass is 504 g/mol. The van der Waals surface area contributed by atoms with E-state index in [2.05, 4.69) is 0 Å². The van der Waals surface area contributed by atoms with Gasteiger partial charge >= 0.3 is 5.97 Å². The molecule has 8 heteroatoms. The van der Waals surface area contributed by atoms with Crippen molar-refractivity contribution in [3.63, 3.8) is 0 Å². The topological polar surface area (TPSA) is 44.8 Å². The van der Waals surface area contributed by atoms with E-state index in [9.17, 15) is 22.4 Å². The van der Waals surface area contributed by atoms with Crippen LogP contribution < -0.4 is 14.2 Å². The molecule has 0 heterocycles. The van der Waals surface area contributed by atoms with E-state index in [0.29, 0.717) is 30.1 Å². The molecule has 0 aliphatic rings. The van der Waals surface area contributed by atoms with Crippen LogP contribution >= 0.6 is 0 Å². The van der Waals surface area contributed by atoms with Gasteiger partial charge in [0.2, 0.25) is 11.6 Å². The average Bonchev–Trinajstić information content (AvgIpc) is 2.88. The maximum Gasteiger partial charge on any atom is 0.343 e. The molecule has 0 fully saturated rings. The number of ether oxygens (including phenoxy) is 3. The Bertz CT molecular complexity index is 1130. The molecule has 0 N–H and O–H groups in total. The predicted octanol–water partition coefficient (Wildman–Crippen LogP) is 7.22. The molecule has 0 radical (unpaired) electrons. The van der Waals surface area contributed by atoms with Crippen LogP contribution in [-0.4, -0.2) is 19.2 Å². The quantitative estimate of drug-likeness (QED) is 0.0859. The normalized spacial score (nSPS) is 10.8. The van der Waals surface area contributed by atoms with E-state index in [-0.39, 0.29) is 25.0 Å². The van der Waals surface area contributed by atoms with Crippen LogP contribution in [0.1, 0.15) is 54.6 Å². The van der Waals surface area contributed by atoms with Crippen LogP contribution in [0.15, 0.2) is 48.5 Å². The molecule has 0 spiro atoms. The summed E-state index contributed by atoms with van der Waals surface area (Å²) in [6.45, 7) is 4.29. The Kier molecular flexibility index (Phi) is 9.73. The van der Waals surface area contributed by atoms with Crippen molar-refractivity contribution in [1.29, 1.82) is 0 Å². The molecule has 3 aromatic rings. The maximum atomic E-state index is 14.5. The van der Waals surface area contributed by atoms with Crippen LogP contribution in [0.25, 0.3) is 0 Å². The minimum atomic E-state index is -1.53.